The Hall–Kier alpha value is -1.23. The van der Waals surface area contributed by atoms with E-state index in [4.69, 9.17) is 18.0 Å². The number of rotatable bonds is 4. The maximum Gasteiger partial charge on any atom is 0.155 e. The highest BCUT2D eigenvalue weighted by Gasteiger charge is 2.26. The molecule has 1 aromatic heterocycles. The zero-order valence-electron chi connectivity index (χ0n) is 11.7. The average Bonchev–Trinajstić information content (AvgIpc) is 2.13. The van der Waals surface area contributed by atoms with E-state index in [-0.39, 0.29) is 15.9 Å². The van der Waals surface area contributed by atoms with Crippen LogP contribution in [0.4, 0.5) is 5.82 Å². The van der Waals surface area contributed by atoms with E-state index < -0.39 is 0 Å². The summed E-state index contributed by atoms with van der Waals surface area (Å²) in [7, 11) is 0. The second kappa shape index (κ2) is 5.18. The van der Waals surface area contributed by atoms with Crippen LogP contribution in [-0.2, 0) is 0 Å². The molecule has 0 bridgehead atoms. The SMILES string of the molecule is CC(C)(C)CC(C)(C)Nc1nccnc1C(N)=S. The molecule has 5 heteroatoms. The molecular weight excluding hydrogens is 244 g/mol. The Bertz CT molecular complexity index is 435. The van der Waals surface area contributed by atoms with Crippen LogP contribution >= 0.6 is 12.2 Å². The van der Waals surface area contributed by atoms with Crippen molar-refractivity contribution in [3.8, 4) is 0 Å². The number of hydrogen-bond acceptors (Lipinski definition) is 4. The molecule has 0 aliphatic heterocycles. The molecule has 1 aromatic rings. The lowest BCUT2D eigenvalue weighted by molar-refractivity contribution is 0.302. The van der Waals surface area contributed by atoms with Gasteiger partial charge in [-0.2, -0.15) is 0 Å². The lowest BCUT2D eigenvalue weighted by Crippen LogP contribution is -2.36. The molecule has 100 valence electrons. The van der Waals surface area contributed by atoms with Gasteiger partial charge in [-0.15, -0.1) is 0 Å². The quantitative estimate of drug-likeness (QED) is 0.820. The summed E-state index contributed by atoms with van der Waals surface area (Å²) in [5, 5.41) is 3.38. The highest BCUT2D eigenvalue weighted by atomic mass is 32.1. The number of aromatic nitrogens is 2. The molecule has 0 unspecified atom stereocenters. The third kappa shape index (κ3) is 4.56. The zero-order chi connectivity index (χ0) is 14.0. The normalized spacial score (nSPS) is 12.3. The van der Waals surface area contributed by atoms with Crippen molar-refractivity contribution in [2.24, 2.45) is 11.1 Å². The molecule has 0 spiro atoms. The van der Waals surface area contributed by atoms with Gasteiger partial charge in [0.25, 0.3) is 0 Å². The first-order chi connectivity index (χ1) is 8.11. The minimum Gasteiger partial charge on any atom is -0.388 e. The van der Waals surface area contributed by atoms with Crippen molar-refractivity contribution in [1.29, 1.82) is 0 Å². The van der Waals surface area contributed by atoms with Crippen molar-refractivity contribution in [3.05, 3.63) is 18.1 Å². The summed E-state index contributed by atoms with van der Waals surface area (Å²) in [4.78, 5) is 8.70. The Morgan fingerprint density at radius 3 is 2.28 bits per heavy atom. The molecule has 0 fully saturated rings. The summed E-state index contributed by atoms with van der Waals surface area (Å²) in [5.41, 5.74) is 6.32. The number of thiocarbonyl (C=S) groups is 1. The number of anilines is 1. The molecule has 4 nitrogen and oxygen atoms in total. The molecule has 0 saturated heterocycles. The molecule has 1 rings (SSSR count). The molecule has 0 aliphatic rings. The highest BCUT2D eigenvalue weighted by Crippen LogP contribution is 2.29. The van der Waals surface area contributed by atoms with E-state index in [0.29, 0.717) is 11.5 Å². The first kappa shape index (κ1) is 14.8. The molecule has 0 aliphatic carbocycles. The van der Waals surface area contributed by atoms with Gasteiger partial charge in [0.05, 0.1) is 0 Å². The molecule has 0 amide bonds. The van der Waals surface area contributed by atoms with Crippen molar-refractivity contribution in [3.63, 3.8) is 0 Å². The summed E-state index contributed by atoms with van der Waals surface area (Å²) in [5.74, 6) is 0.652. The van der Waals surface area contributed by atoms with Crippen LogP contribution in [0.25, 0.3) is 0 Å². The highest BCUT2D eigenvalue weighted by molar-refractivity contribution is 7.80. The Labute approximate surface area is 114 Å². The van der Waals surface area contributed by atoms with E-state index in [2.05, 4.69) is 49.9 Å². The van der Waals surface area contributed by atoms with Gasteiger partial charge in [0, 0.05) is 17.9 Å². The number of nitrogens with zero attached hydrogens (tertiary/aromatic N) is 2. The van der Waals surface area contributed by atoms with E-state index in [0.717, 1.165) is 6.42 Å². The van der Waals surface area contributed by atoms with E-state index in [1.807, 2.05) is 0 Å². The average molecular weight is 266 g/mol. The molecule has 0 aromatic carbocycles. The van der Waals surface area contributed by atoms with Crippen LogP contribution in [0.3, 0.4) is 0 Å². The van der Waals surface area contributed by atoms with Crippen molar-refractivity contribution in [2.45, 2.75) is 46.6 Å². The summed E-state index contributed by atoms with van der Waals surface area (Å²) >= 11 is 4.98. The van der Waals surface area contributed by atoms with Crippen LogP contribution in [0.15, 0.2) is 12.4 Å². The minimum absolute atomic E-state index is 0.103. The number of nitrogens with one attached hydrogen (secondary N) is 1. The van der Waals surface area contributed by atoms with Crippen LogP contribution in [0.2, 0.25) is 0 Å². The number of hydrogen-bond donors (Lipinski definition) is 2. The fraction of sp³-hybridized carbons (Fsp3) is 0.615. The van der Waals surface area contributed by atoms with Crippen LogP contribution in [0, 0.1) is 5.41 Å². The van der Waals surface area contributed by atoms with Gasteiger partial charge in [-0.25, -0.2) is 9.97 Å². The fourth-order valence-electron chi connectivity index (χ4n) is 2.30. The minimum atomic E-state index is -0.103. The maximum atomic E-state index is 5.65. The summed E-state index contributed by atoms with van der Waals surface area (Å²) < 4.78 is 0. The van der Waals surface area contributed by atoms with Crippen molar-refractivity contribution in [2.75, 3.05) is 5.32 Å². The fourth-order valence-corrected chi connectivity index (χ4v) is 2.45. The lowest BCUT2D eigenvalue weighted by Gasteiger charge is -2.34. The van der Waals surface area contributed by atoms with Crippen molar-refractivity contribution < 1.29 is 0 Å². The Kier molecular flexibility index (Phi) is 4.27. The summed E-state index contributed by atoms with van der Waals surface area (Å²) in [6.07, 6.45) is 4.22. The molecular formula is C13H22N4S. The Balaban J connectivity index is 2.94. The van der Waals surface area contributed by atoms with Crippen LogP contribution in [-0.4, -0.2) is 20.5 Å². The number of nitrogens with two attached hydrogens (primary N) is 1. The standard InChI is InChI=1S/C13H22N4S/c1-12(2,3)8-13(4,5)17-11-9(10(14)18)15-6-7-16-11/h6-7H,8H2,1-5H3,(H2,14,18)(H,16,17). The van der Waals surface area contributed by atoms with Gasteiger partial charge in [0.1, 0.15) is 10.7 Å². The van der Waals surface area contributed by atoms with Gasteiger partial charge in [-0.1, -0.05) is 33.0 Å². The third-order valence-electron chi connectivity index (χ3n) is 2.36. The lowest BCUT2D eigenvalue weighted by atomic mass is 9.82. The topological polar surface area (TPSA) is 63.8 Å². The van der Waals surface area contributed by atoms with E-state index >= 15 is 0 Å². The second-order valence-electron chi connectivity index (χ2n) is 6.36. The first-order valence-electron chi connectivity index (χ1n) is 6.00. The molecule has 0 saturated carbocycles. The smallest absolute Gasteiger partial charge is 0.155 e. The zero-order valence-corrected chi connectivity index (χ0v) is 12.6. The van der Waals surface area contributed by atoms with E-state index in [1.165, 1.54) is 0 Å². The van der Waals surface area contributed by atoms with E-state index in [9.17, 15) is 0 Å². The molecule has 1 heterocycles. The van der Waals surface area contributed by atoms with Crippen LogP contribution in [0.5, 0.6) is 0 Å². The Morgan fingerprint density at radius 2 is 1.78 bits per heavy atom. The predicted octanol–water partition coefficient (Wildman–Crippen LogP) is 2.74. The maximum absolute atomic E-state index is 5.65. The Morgan fingerprint density at radius 1 is 1.22 bits per heavy atom. The molecule has 18 heavy (non-hydrogen) atoms. The van der Waals surface area contributed by atoms with Gasteiger partial charge >= 0.3 is 0 Å². The first-order valence-corrected chi connectivity index (χ1v) is 6.41. The molecule has 0 radical (unpaired) electrons. The predicted molar refractivity (Wildman–Crippen MR) is 79.7 cm³/mol. The molecule has 3 N–H and O–H groups in total. The van der Waals surface area contributed by atoms with Gasteiger partial charge in [-0.3, -0.25) is 0 Å². The van der Waals surface area contributed by atoms with Crippen LogP contribution in [0.1, 0.15) is 46.7 Å². The van der Waals surface area contributed by atoms with Crippen LogP contribution < -0.4 is 11.1 Å². The van der Waals surface area contributed by atoms with Crippen molar-refractivity contribution >= 4 is 23.0 Å². The third-order valence-corrected chi connectivity index (χ3v) is 2.55. The largest absolute Gasteiger partial charge is 0.388 e. The van der Waals surface area contributed by atoms with Gasteiger partial charge in [-0.05, 0) is 25.7 Å². The summed E-state index contributed by atoms with van der Waals surface area (Å²) in [6.45, 7) is 10.9. The van der Waals surface area contributed by atoms with E-state index in [1.54, 1.807) is 12.4 Å². The monoisotopic (exact) mass is 266 g/mol. The van der Waals surface area contributed by atoms with Gasteiger partial charge in [0.2, 0.25) is 0 Å². The second-order valence-corrected chi connectivity index (χ2v) is 6.80. The van der Waals surface area contributed by atoms with Gasteiger partial charge < -0.3 is 11.1 Å². The van der Waals surface area contributed by atoms with Gasteiger partial charge in [0.15, 0.2) is 5.82 Å². The van der Waals surface area contributed by atoms with Crippen molar-refractivity contribution in [1.82, 2.24) is 9.97 Å². The summed E-state index contributed by atoms with van der Waals surface area (Å²) in [6, 6.07) is 0. The molecule has 0 atom stereocenters.